The molecule has 6 N–H and O–H groups in total. The molecule has 3 aromatic rings. The van der Waals surface area contributed by atoms with Gasteiger partial charge in [0.25, 0.3) is 0 Å². The van der Waals surface area contributed by atoms with Gasteiger partial charge in [-0.1, -0.05) is 36.4 Å². The molecule has 0 spiro atoms. The predicted molar refractivity (Wildman–Crippen MR) is 253 cm³/mol. The molecule has 0 aromatic heterocycles. The van der Waals surface area contributed by atoms with E-state index in [1.807, 2.05) is 0 Å². The summed E-state index contributed by atoms with van der Waals surface area (Å²) in [4.78, 5) is 36.3. The van der Waals surface area contributed by atoms with E-state index in [2.05, 4.69) is 44.4 Å². The molecule has 1 unspecified atom stereocenters. The molecule has 0 heterocycles. The summed E-state index contributed by atoms with van der Waals surface area (Å²) in [5.74, 6) is -13.9. The van der Waals surface area contributed by atoms with Crippen LogP contribution >= 0.6 is 0 Å². The Kier molecular flexibility index (Phi) is 27.2. The van der Waals surface area contributed by atoms with Crippen LogP contribution in [0.5, 0.6) is 17.2 Å². The number of ether oxygens (including phenoxy) is 6. The Hall–Kier alpha value is -6.03. The highest BCUT2D eigenvalue weighted by Crippen LogP contribution is 2.46. The molecule has 33 heteroatoms. The molecule has 15 nitrogen and oxygen atoms in total. The zero-order valence-electron chi connectivity index (χ0n) is 43.4. The van der Waals surface area contributed by atoms with Crippen LogP contribution in [0.25, 0.3) is 0 Å². The third-order valence-corrected chi connectivity index (χ3v) is 12.8. The second-order valence-electron chi connectivity index (χ2n) is 19.4. The maximum absolute atomic E-state index is 12.9. The molecular formula is C51H57F18N3O12. The third kappa shape index (κ3) is 25.7. The molecule has 0 radical (unpaired) electrons. The highest BCUT2D eigenvalue weighted by Gasteiger charge is 2.50. The summed E-state index contributed by atoms with van der Waals surface area (Å²) in [5.41, 5.74) is 0.449. The van der Waals surface area contributed by atoms with E-state index in [1.165, 1.54) is 54.6 Å². The van der Waals surface area contributed by atoms with Crippen LogP contribution in [0.15, 0.2) is 72.8 Å². The summed E-state index contributed by atoms with van der Waals surface area (Å²) in [7, 11) is 0. The van der Waals surface area contributed by atoms with Crippen LogP contribution in [0.3, 0.4) is 0 Å². The first kappa shape index (κ1) is 70.5. The fourth-order valence-corrected chi connectivity index (χ4v) is 8.66. The van der Waals surface area contributed by atoms with Crippen molar-refractivity contribution in [3.63, 3.8) is 0 Å². The van der Waals surface area contributed by atoms with Crippen LogP contribution in [0.1, 0.15) is 92.6 Å². The zero-order valence-corrected chi connectivity index (χ0v) is 43.4. The SMILES string of the molecule is O=C(CC(O)C1CC(F)(F)C1)N[C@@H](COC(F)F)c1cccc(OC(F)F)c1.O=C(C[C@@H](O)C1CC(F)(F)C1)N[C@@H](COC(F)F)c1cccc(OC(F)F)c1.O=C(C[C@H](O)C1CC(F)(F)C1)N[C@@H](COC(F)F)c1cccc(OC(F)F)c1. The second kappa shape index (κ2) is 32.5. The Morgan fingerprint density at radius 1 is 0.405 bits per heavy atom. The lowest BCUT2D eigenvalue weighted by Crippen LogP contribution is -2.44. The Morgan fingerprint density at radius 2 is 0.631 bits per heavy atom. The van der Waals surface area contributed by atoms with Gasteiger partial charge < -0.3 is 59.7 Å². The minimum Gasteiger partial charge on any atom is -0.435 e. The molecule has 3 saturated carbocycles. The lowest BCUT2D eigenvalue weighted by Gasteiger charge is -2.37. The smallest absolute Gasteiger partial charge is 0.387 e. The maximum Gasteiger partial charge on any atom is 0.387 e. The molecule has 6 atom stereocenters. The number of benzene rings is 3. The fourth-order valence-electron chi connectivity index (χ4n) is 8.66. The molecule has 0 saturated heterocycles. The summed E-state index contributed by atoms with van der Waals surface area (Å²) < 4.78 is 251. The number of aliphatic hydroxyl groups is 3. The number of carbonyl (C=O) groups is 3. The zero-order chi connectivity index (χ0) is 62.7. The summed E-state index contributed by atoms with van der Waals surface area (Å²) in [6.45, 7) is -20.8. The summed E-state index contributed by atoms with van der Waals surface area (Å²) in [5, 5.41) is 36.6. The first-order valence-electron chi connectivity index (χ1n) is 25.1. The Labute approximate surface area is 466 Å². The van der Waals surface area contributed by atoms with E-state index in [9.17, 15) is 109 Å². The van der Waals surface area contributed by atoms with E-state index in [-0.39, 0.29) is 33.9 Å². The van der Waals surface area contributed by atoms with Gasteiger partial charge in [0.15, 0.2) is 0 Å². The van der Waals surface area contributed by atoms with Crippen molar-refractivity contribution in [3.8, 4) is 17.2 Å². The van der Waals surface area contributed by atoms with Gasteiger partial charge in [-0.15, -0.1) is 0 Å². The van der Waals surface area contributed by atoms with Crippen molar-refractivity contribution in [1.82, 2.24) is 16.0 Å². The van der Waals surface area contributed by atoms with Gasteiger partial charge in [-0.25, -0.2) is 26.3 Å². The Morgan fingerprint density at radius 3 is 0.821 bits per heavy atom. The molecule has 0 bridgehead atoms. The molecule has 84 heavy (non-hydrogen) atoms. The molecule has 3 aromatic carbocycles. The van der Waals surface area contributed by atoms with Crippen LogP contribution in [0, 0.1) is 17.8 Å². The Balaban J connectivity index is 0.000000270. The van der Waals surface area contributed by atoms with Crippen LogP contribution in [0.2, 0.25) is 0 Å². The van der Waals surface area contributed by atoms with E-state index in [1.54, 1.807) is 0 Å². The number of carbonyl (C=O) groups excluding carboxylic acids is 3. The lowest BCUT2D eigenvalue weighted by molar-refractivity contribution is -0.150. The molecule has 3 aliphatic carbocycles. The fraction of sp³-hybridized carbons (Fsp3) is 0.588. The number of nitrogens with one attached hydrogen (secondary N) is 3. The number of halogens is 18. The summed E-state index contributed by atoms with van der Waals surface area (Å²) >= 11 is 0. The topological polar surface area (TPSA) is 203 Å². The number of hydrogen-bond donors (Lipinski definition) is 6. The van der Waals surface area contributed by atoms with E-state index in [0.29, 0.717) is 0 Å². The van der Waals surface area contributed by atoms with E-state index >= 15 is 0 Å². The molecule has 0 aliphatic heterocycles. The number of hydrogen-bond acceptors (Lipinski definition) is 12. The lowest BCUT2D eigenvalue weighted by atomic mass is 9.76. The van der Waals surface area contributed by atoms with Crippen molar-refractivity contribution in [3.05, 3.63) is 89.5 Å². The monoisotopic (exact) mass is 1250 g/mol. The normalized spacial score (nSPS) is 18.6. The van der Waals surface area contributed by atoms with Crippen LogP contribution in [-0.2, 0) is 28.6 Å². The number of rotatable bonds is 30. The first-order valence-corrected chi connectivity index (χ1v) is 25.1. The second-order valence-corrected chi connectivity index (χ2v) is 19.4. The van der Waals surface area contributed by atoms with Crippen molar-refractivity contribution < 1.29 is 137 Å². The molecule has 474 valence electrons. The van der Waals surface area contributed by atoms with Gasteiger partial charge in [0, 0.05) is 38.5 Å². The molecule has 3 aliphatic rings. The third-order valence-electron chi connectivity index (χ3n) is 12.8. The quantitative estimate of drug-likeness (QED) is 0.0345. The largest absolute Gasteiger partial charge is 0.435 e. The minimum atomic E-state index is -3.14. The summed E-state index contributed by atoms with van der Waals surface area (Å²) in [6, 6.07) is 11.6. The van der Waals surface area contributed by atoms with Crippen molar-refractivity contribution in [2.45, 2.75) is 152 Å². The maximum atomic E-state index is 12.9. The molecule has 3 fully saturated rings. The van der Waals surface area contributed by atoms with Gasteiger partial charge >= 0.3 is 39.7 Å². The van der Waals surface area contributed by atoms with Gasteiger partial charge in [-0.2, -0.15) is 52.7 Å². The van der Waals surface area contributed by atoms with E-state index in [0.717, 1.165) is 18.2 Å². The van der Waals surface area contributed by atoms with Gasteiger partial charge in [0.1, 0.15) is 17.2 Å². The predicted octanol–water partition coefficient (Wildman–Crippen LogP) is 10.4. The van der Waals surface area contributed by atoms with Crippen LogP contribution in [-0.4, -0.2) is 129 Å². The standard InChI is InChI=1S/3C17H19F6NO4/c3*18-15(19)27-8-12(9-2-1-3-11(4-9)28-16(20)21)24-14(26)5-13(25)10-6-17(22,23)7-10/h3*1-4,10,12-13,15-16,25H,5-8H2,(H,24,26)/t12-,13?;12-,13+;12-,13-/m000/s1. The minimum absolute atomic E-state index is 0.150. The van der Waals surface area contributed by atoms with Gasteiger partial charge in [-0.05, 0) is 70.8 Å². The number of alkyl halides is 18. The summed E-state index contributed by atoms with van der Waals surface area (Å²) in [6.07, 6.45) is -8.70. The van der Waals surface area contributed by atoms with Gasteiger partial charge in [0.2, 0.25) is 35.5 Å². The molecular weight excluding hydrogens is 1190 g/mol. The van der Waals surface area contributed by atoms with E-state index < -0.39 is 207 Å². The van der Waals surface area contributed by atoms with Gasteiger partial charge in [0.05, 0.1) is 75.5 Å². The highest BCUT2D eigenvalue weighted by atomic mass is 19.3. The van der Waals surface area contributed by atoms with Crippen molar-refractivity contribution >= 4 is 17.7 Å². The average molecular weight is 1250 g/mol. The van der Waals surface area contributed by atoms with Crippen LogP contribution in [0.4, 0.5) is 79.0 Å². The Bertz CT molecular complexity index is 2220. The van der Waals surface area contributed by atoms with Crippen LogP contribution < -0.4 is 30.2 Å². The average Bonchev–Trinajstić information content (AvgIpc) is 2.48. The molecule has 3 amide bonds. The van der Waals surface area contributed by atoms with Crippen molar-refractivity contribution in [2.24, 2.45) is 17.8 Å². The number of amides is 3. The van der Waals surface area contributed by atoms with Crippen molar-refractivity contribution in [2.75, 3.05) is 19.8 Å². The first-order chi connectivity index (χ1) is 39.2. The number of aliphatic hydroxyl groups excluding tert-OH is 3. The highest BCUT2D eigenvalue weighted by molar-refractivity contribution is 5.78. The van der Waals surface area contributed by atoms with Gasteiger partial charge in [-0.3, -0.25) is 14.4 Å². The molecule has 6 rings (SSSR count). The van der Waals surface area contributed by atoms with Crippen molar-refractivity contribution in [1.29, 1.82) is 0 Å². The van der Waals surface area contributed by atoms with E-state index in [4.69, 9.17) is 0 Å².